The van der Waals surface area contributed by atoms with Gasteiger partial charge < -0.3 is 19.3 Å². The Labute approximate surface area is 205 Å². The fourth-order valence-electron chi connectivity index (χ4n) is 4.14. The van der Waals surface area contributed by atoms with E-state index < -0.39 is 0 Å². The van der Waals surface area contributed by atoms with Crippen LogP contribution in [0.4, 0.5) is 0 Å². The topological polar surface area (TPSA) is 76.5 Å². The van der Waals surface area contributed by atoms with Gasteiger partial charge in [-0.1, -0.05) is 31.4 Å². The van der Waals surface area contributed by atoms with Crippen molar-refractivity contribution in [3.05, 3.63) is 23.5 Å². The molecule has 0 fully saturated rings. The minimum Gasteiger partial charge on any atom is -0.475 e. The summed E-state index contributed by atoms with van der Waals surface area (Å²) >= 11 is 2.47. The van der Waals surface area contributed by atoms with Crippen LogP contribution in [0.1, 0.15) is 56.3 Å². The lowest BCUT2D eigenvalue weighted by atomic mass is 10.1. The van der Waals surface area contributed by atoms with Crippen molar-refractivity contribution in [1.29, 1.82) is 0 Å². The average Bonchev–Trinajstić information content (AvgIpc) is 3.47. The molecule has 2 aromatic heterocycles. The molecule has 4 heterocycles. The third-order valence-corrected chi connectivity index (χ3v) is 7.00. The molecule has 2 aliphatic rings. The predicted molar refractivity (Wildman–Crippen MR) is 134 cm³/mol. The van der Waals surface area contributed by atoms with Crippen molar-refractivity contribution >= 4 is 34.6 Å². The maximum absolute atomic E-state index is 5.95. The highest BCUT2D eigenvalue weighted by molar-refractivity contribution is 6.99. The third-order valence-electron chi connectivity index (χ3n) is 5.98. The molecule has 0 bridgehead atoms. The van der Waals surface area contributed by atoms with Gasteiger partial charge in [-0.25, -0.2) is 0 Å². The Morgan fingerprint density at radius 1 is 0.697 bits per heavy atom. The molecule has 0 aliphatic carbocycles. The summed E-state index contributed by atoms with van der Waals surface area (Å²) in [6.45, 7) is 5.40. The Hall–Kier alpha value is -1.88. The van der Waals surface area contributed by atoms with Crippen LogP contribution in [0.5, 0.6) is 11.8 Å². The molecule has 0 unspecified atom stereocenters. The third kappa shape index (κ3) is 7.05. The van der Waals surface area contributed by atoms with Gasteiger partial charge in [0.1, 0.15) is 11.4 Å². The zero-order valence-corrected chi connectivity index (χ0v) is 21.3. The molecule has 0 saturated heterocycles. The van der Waals surface area contributed by atoms with Gasteiger partial charge in [-0.15, -0.1) is 8.75 Å². The molecular weight excluding hydrogens is 456 g/mol. The molecule has 0 N–H and O–H groups in total. The maximum Gasteiger partial charge on any atom is 0.253 e. The maximum atomic E-state index is 5.95. The van der Waals surface area contributed by atoms with Crippen LogP contribution < -0.4 is 9.47 Å². The van der Waals surface area contributed by atoms with Crippen molar-refractivity contribution in [3.63, 3.8) is 0 Å². The second kappa shape index (κ2) is 12.5. The first-order valence-corrected chi connectivity index (χ1v) is 13.3. The Kier molecular flexibility index (Phi) is 9.22. The van der Waals surface area contributed by atoms with E-state index in [1.807, 2.05) is 0 Å². The highest BCUT2D eigenvalue weighted by Crippen LogP contribution is 2.28. The highest BCUT2D eigenvalue weighted by atomic mass is 32.1. The standard InChI is InChI=1S/C23H34N6O2S2/c1-28-12-8-10-18(16-28)20-22(26-32-24-20)30-14-6-4-3-5-7-15-31-23-21(25-33-27-23)19-11-9-13-29(2)17-19/h10-11H,3-9,12-17H2,1-2H3. The largest absolute Gasteiger partial charge is 0.475 e. The minimum absolute atomic E-state index is 0.690. The predicted octanol–water partition coefficient (Wildman–Crippen LogP) is 4.24. The number of unbranched alkanes of at least 4 members (excludes halogenated alkanes) is 4. The number of rotatable bonds is 12. The fourth-order valence-corrected chi connectivity index (χ4v) is 5.21. The van der Waals surface area contributed by atoms with Crippen LogP contribution in [-0.4, -0.2) is 80.8 Å². The van der Waals surface area contributed by atoms with Gasteiger partial charge in [0.2, 0.25) is 0 Å². The average molecular weight is 491 g/mol. The van der Waals surface area contributed by atoms with Crippen molar-refractivity contribution in [3.8, 4) is 11.8 Å². The molecule has 180 valence electrons. The fraction of sp³-hybridized carbons (Fsp3) is 0.652. The van der Waals surface area contributed by atoms with Crippen molar-refractivity contribution in [2.45, 2.75) is 44.9 Å². The monoisotopic (exact) mass is 490 g/mol. The van der Waals surface area contributed by atoms with E-state index in [1.54, 1.807) is 0 Å². The smallest absolute Gasteiger partial charge is 0.253 e. The van der Waals surface area contributed by atoms with Crippen LogP contribution in [-0.2, 0) is 0 Å². The lowest BCUT2D eigenvalue weighted by Crippen LogP contribution is -2.25. The molecule has 8 nitrogen and oxygen atoms in total. The molecule has 0 amide bonds. The summed E-state index contributed by atoms with van der Waals surface area (Å²) in [5, 5.41) is 0. The molecule has 10 heteroatoms. The van der Waals surface area contributed by atoms with Gasteiger partial charge in [-0.2, -0.15) is 8.75 Å². The molecule has 0 saturated carbocycles. The SMILES string of the molecule is CN1CCC=C(c2nsnc2OCCCCCCCOc2nsnc2C2=CCCN(C)C2)C1. The first-order chi connectivity index (χ1) is 16.2. The number of likely N-dealkylation sites (N-methyl/N-ethyl adjacent to an activating group) is 2. The number of hydrogen-bond acceptors (Lipinski definition) is 10. The molecule has 2 aromatic rings. The normalized spacial score (nSPS) is 17.6. The summed E-state index contributed by atoms with van der Waals surface area (Å²) in [5.74, 6) is 1.39. The highest BCUT2D eigenvalue weighted by Gasteiger charge is 2.19. The van der Waals surface area contributed by atoms with Gasteiger partial charge >= 0.3 is 0 Å². The van der Waals surface area contributed by atoms with Gasteiger partial charge in [-0.05, 0) is 50.9 Å². The molecular formula is C23H34N6O2S2. The molecule has 0 atom stereocenters. The first kappa shape index (κ1) is 24.3. The summed E-state index contributed by atoms with van der Waals surface area (Å²) in [4.78, 5) is 4.61. The van der Waals surface area contributed by atoms with E-state index in [4.69, 9.17) is 9.47 Å². The lowest BCUT2D eigenvalue weighted by Gasteiger charge is -2.22. The Morgan fingerprint density at radius 2 is 1.15 bits per heavy atom. The second-order valence-electron chi connectivity index (χ2n) is 8.81. The van der Waals surface area contributed by atoms with Gasteiger partial charge in [-0.3, -0.25) is 0 Å². The van der Waals surface area contributed by atoms with E-state index in [0.717, 1.165) is 76.1 Å². The second-order valence-corrected chi connectivity index (χ2v) is 9.87. The zero-order chi connectivity index (χ0) is 22.9. The van der Waals surface area contributed by atoms with E-state index in [9.17, 15) is 0 Å². The van der Waals surface area contributed by atoms with Gasteiger partial charge in [0.25, 0.3) is 11.8 Å². The number of ether oxygens (including phenoxy) is 2. The molecule has 0 aromatic carbocycles. The van der Waals surface area contributed by atoms with Crippen LogP contribution in [0.3, 0.4) is 0 Å². The Bertz CT molecular complexity index is 867. The summed E-state index contributed by atoms with van der Waals surface area (Å²) in [5.41, 5.74) is 4.32. The molecule has 0 spiro atoms. The van der Waals surface area contributed by atoms with Crippen molar-refractivity contribution < 1.29 is 9.47 Å². The van der Waals surface area contributed by atoms with Crippen LogP contribution in [0, 0.1) is 0 Å². The van der Waals surface area contributed by atoms with Crippen LogP contribution >= 0.6 is 23.5 Å². The van der Waals surface area contributed by atoms with Crippen molar-refractivity contribution in [1.82, 2.24) is 27.3 Å². The quantitative estimate of drug-likeness (QED) is 0.409. The number of nitrogens with zero attached hydrogens (tertiary/aromatic N) is 6. The summed E-state index contributed by atoms with van der Waals surface area (Å²) in [7, 11) is 4.27. The van der Waals surface area contributed by atoms with E-state index in [-0.39, 0.29) is 0 Å². The zero-order valence-electron chi connectivity index (χ0n) is 19.7. The minimum atomic E-state index is 0.690. The molecule has 2 aliphatic heterocycles. The van der Waals surface area contributed by atoms with Gasteiger partial charge in [0.05, 0.1) is 36.7 Å². The molecule has 0 radical (unpaired) electrons. The van der Waals surface area contributed by atoms with Crippen molar-refractivity contribution in [2.75, 3.05) is 53.5 Å². The van der Waals surface area contributed by atoms with Crippen LogP contribution in [0.2, 0.25) is 0 Å². The molecule has 4 rings (SSSR count). The summed E-state index contributed by atoms with van der Waals surface area (Å²) < 4.78 is 29.6. The summed E-state index contributed by atoms with van der Waals surface area (Å²) in [6.07, 6.45) is 12.1. The van der Waals surface area contributed by atoms with Gasteiger partial charge in [0, 0.05) is 26.2 Å². The molecule has 33 heavy (non-hydrogen) atoms. The van der Waals surface area contributed by atoms with Crippen LogP contribution in [0.25, 0.3) is 11.1 Å². The number of hydrogen-bond donors (Lipinski definition) is 0. The Balaban J connectivity index is 1.09. The Morgan fingerprint density at radius 3 is 1.61 bits per heavy atom. The van der Waals surface area contributed by atoms with Gasteiger partial charge in [0.15, 0.2) is 0 Å². The van der Waals surface area contributed by atoms with E-state index in [1.165, 1.54) is 41.0 Å². The number of aromatic nitrogens is 4. The van der Waals surface area contributed by atoms with E-state index in [2.05, 4.69) is 53.5 Å². The van der Waals surface area contributed by atoms with E-state index in [0.29, 0.717) is 25.0 Å². The van der Waals surface area contributed by atoms with Crippen molar-refractivity contribution in [2.24, 2.45) is 0 Å². The summed E-state index contributed by atoms with van der Waals surface area (Å²) in [6, 6.07) is 0. The lowest BCUT2D eigenvalue weighted by molar-refractivity contribution is 0.284. The first-order valence-electron chi connectivity index (χ1n) is 11.9. The van der Waals surface area contributed by atoms with Crippen LogP contribution in [0.15, 0.2) is 12.2 Å². The van der Waals surface area contributed by atoms with E-state index >= 15 is 0 Å².